The average Bonchev–Trinajstić information content (AvgIpc) is 2.40. The summed E-state index contributed by atoms with van der Waals surface area (Å²) in [7, 11) is 0. The van der Waals surface area contributed by atoms with Crippen molar-refractivity contribution in [3.63, 3.8) is 0 Å². The summed E-state index contributed by atoms with van der Waals surface area (Å²) in [5.41, 5.74) is 0. The number of hydrogen-bond acceptors (Lipinski definition) is 2. The molecule has 2 fully saturated rings. The molecule has 1 heterocycles. The van der Waals surface area contributed by atoms with E-state index in [1.165, 1.54) is 32.1 Å². The maximum atomic E-state index is 12.3. The van der Waals surface area contributed by atoms with Gasteiger partial charge in [0.25, 0.3) is 0 Å². The lowest BCUT2D eigenvalue weighted by atomic mass is 9.86. The van der Waals surface area contributed by atoms with E-state index in [9.17, 15) is 9.90 Å². The fraction of sp³-hybridized carbons (Fsp3) is 0.929. The Morgan fingerprint density at radius 2 is 1.76 bits per heavy atom. The summed E-state index contributed by atoms with van der Waals surface area (Å²) in [6, 6.07) is 0.0971. The molecule has 1 saturated heterocycles. The molecule has 3 heteroatoms. The van der Waals surface area contributed by atoms with Crippen molar-refractivity contribution < 1.29 is 9.90 Å². The number of aliphatic hydroxyl groups excluding tert-OH is 1. The first-order valence-corrected chi connectivity index (χ1v) is 7.21. The maximum Gasteiger partial charge on any atom is 0.223 e. The molecule has 1 aliphatic heterocycles. The van der Waals surface area contributed by atoms with Gasteiger partial charge >= 0.3 is 0 Å². The molecule has 1 amide bonds. The molecule has 0 aromatic carbocycles. The minimum absolute atomic E-state index is 0.0971. The molecule has 98 valence electrons. The first-order valence-electron chi connectivity index (χ1n) is 7.21. The Morgan fingerprint density at radius 1 is 1.06 bits per heavy atom. The van der Waals surface area contributed by atoms with Gasteiger partial charge in [0.2, 0.25) is 5.91 Å². The topological polar surface area (TPSA) is 40.5 Å². The molecule has 2 aliphatic rings. The van der Waals surface area contributed by atoms with Gasteiger partial charge in [-0.1, -0.05) is 19.3 Å². The Bertz CT molecular complexity index is 249. The van der Waals surface area contributed by atoms with Gasteiger partial charge in [0.15, 0.2) is 0 Å². The molecule has 1 N–H and O–H groups in total. The predicted octanol–water partition coefficient (Wildman–Crippen LogP) is 2.33. The number of amides is 1. The quantitative estimate of drug-likeness (QED) is 0.821. The predicted molar refractivity (Wildman–Crippen MR) is 67.6 cm³/mol. The molecule has 1 atom stereocenters. The molecular formula is C14H25NO2. The van der Waals surface area contributed by atoms with E-state index in [2.05, 4.69) is 0 Å². The van der Waals surface area contributed by atoms with Gasteiger partial charge in [-0.05, 0) is 38.0 Å². The lowest BCUT2D eigenvalue weighted by molar-refractivity contribution is -0.137. The maximum absolute atomic E-state index is 12.3. The number of rotatable bonds is 3. The molecule has 17 heavy (non-hydrogen) atoms. The van der Waals surface area contributed by atoms with E-state index in [-0.39, 0.29) is 18.6 Å². The molecule has 3 nitrogen and oxygen atoms in total. The van der Waals surface area contributed by atoms with Crippen LogP contribution in [0.15, 0.2) is 0 Å². The smallest absolute Gasteiger partial charge is 0.223 e. The van der Waals surface area contributed by atoms with Crippen LogP contribution in [0.25, 0.3) is 0 Å². The summed E-state index contributed by atoms with van der Waals surface area (Å²) in [6.45, 7) is 0.993. The van der Waals surface area contributed by atoms with Gasteiger partial charge in [0.05, 0.1) is 12.6 Å². The normalized spacial score (nSPS) is 27.1. The number of aliphatic hydroxyl groups is 1. The van der Waals surface area contributed by atoms with Crippen LogP contribution in [0, 0.1) is 5.92 Å². The summed E-state index contributed by atoms with van der Waals surface area (Å²) in [5.74, 6) is 0.896. The van der Waals surface area contributed by atoms with E-state index in [4.69, 9.17) is 0 Å². The highest BCUT2D eigenvalue weighted by molar-refractivity contribution is 5.77. The van der Waals surface area contributed by atoms with E-state index >= 15 is 0 Å². The first kappa shape index (κ1) is 12.9. The summed E-state index contributed by atoms with van der Waals surface area (Å²) in [4.78, 5) is 14.2. The van der Waals surface area contributed by atoms with Crippen molar-refractivity contribution in [2.75, 3.05) is 13.2 Å². The highest BCUT2D eigenvalue weighted by Gasteiger charge is 2.27. The van der Waals surface area contributed by atoms with Crippen LogP contribution in [0.1, 0.15) is 57.8 Å². The zero-order valence-electron chi connectivity index (χ0n) is 10.7. The molecule has 0 aromatic rings. The summed E-state index contributed by atoms with van der Waals surface area (Å²) in [6.07, 6.45) is 10.3. The van der Waals surface area contributed by atoms with E-state index in [1.807, 2.05) is 4.90 Å². The van der Waals surface area contributed by atoms with Gasteiger partial charge in [-0.15, -0.1) is 0 Å². The third-order valence-electron chi connectivity index (χ3n) is 4.35. The zero-order chi connectivity index (χ0) is 12.1. The SMILES string of the molecule is O=C(CC1CCCCC1)N1CCCCC1CO. The highest BCUT2D eigenvalue weighted by atomic mass is 16.3. The van der Waals surface area contributed by atoms with E-state index < -0.39 is 0 Å². The second-order valence-electron chi connectivity index (χ2n) is 5.63. The van der Waals surface area contributed by atoms with Gasteiger partial charge < -0.3 is 10.0 Å². The molecule has 0 aromatic heterocycles. The Balaban J connectivity index is 1.84. The largest absolute Gasteiger partial charge is 0.394 e. The Hall–Kier alpha value is -0.570. The van der Waals surface area contributed by atoms with Crippen LogP contribution >= 0.6 is 0 Å². The second kappa shape index (κ2) is 6.39. The van der Waals surface area contributed by atoms with Gasteiger partial charge in [0, 0.05) is 13.0 Å². The molecule has 2 rings (SSSR count). The Kier molecular flexibility index (Phi) is 4.84. The highest BCUT2D eigenvalue weighted by Crippen LogP contribution is 2.28. The standard InChI is InChI=1S/C14H25NO2/c16-11-13-8-4-5-9-15(13)14(17)10-12-6-2-1-3-7-12/h12-13,16H,1-11H2. The average molecular weight is 239 g/mol. The fourth-order valence-corrected chi connectivity index (χ4v) is 3.27. The fourth-order valence-electron chi connectivity index (χ4n) is 3.27. The number of carbonyl (C=O) groups is 1. The molecule has 1 aliphatic carbocycles. The minimum Gasteiger partial charge on any atom is -0.394 e. The Labute approximate surface area is 104 Å². The number of nitrogens with zero attached hydrogens (tertiary/aromatic N) is 1. The molecule has 1 unspecified atom stereocenters. The number of likely N-dealkylation sites (tertiary alicyclic amines) is 1. The van der Waals surface area contributed by atoms with Crippen molar-refractivity contribution >= 4 is 5.91 Å². The molecular weight excluding hydrogens is 214 g/mol. The van der Waals surface area contributed by atoms with Gasteiger partial charge in [-0.3, -0.25) is 4.79 Å². The van der Waals surface area contributed by atoms with Crippen molar-refractivity contribution in [1.29, 1.82) is 0 Å². The molecule has 0 spiro atoms. The summed E-state index contributed by atoms with van der Waals surface area (Å²) in [5, 5.41) is 9.32. The number of hydrogen-bond donors (Lipinski definition) is 1. The van der Waals surface area contributed by atoms with Gasteiger partial charge in [-0.25, -0.2) is 0 Å². The van der Waals surface area contributed by atoms with Crippen LogP contribution in [0.5, 0.6) is 0 Å². The van der Waals surface area contributed by atoms with Crippen LogP contribution in [0.2, 0.25) is 0 Å². The van der Waals surface area contributed by atoms with Crippen LogP contribution in [-0.2, 0) is 4.79 Å². The van der Waals surface area contributed by atoms with Crippen LogP contribution in [-0.4, -0.2) is 35.1 Å². The number of piperidine rings is 1. The monoisotopic (exact) mass is 239 g/mol. The molecule has 0 bridgehead atoms. The van der Waals surface area contributed by atoms with Gasteiger partial charge in [-0.2, -0.15) is 0 Å². The van der Waals surface area contributed by atoms with E-state index in [0.717, 1.165) is 32.2 Å². The zero-order valence-corrected chi connectivity index (χ0v) is 10.7. The molecule has 1 saturated carbocycles. The van der Waals surface area contributed by atoms with Crippen molar-refractivity contribution in [3.05, 3.63) is 0 Å². The second-order valence-corrected chi connectivity index (χ2v) is 5.63. The minimum atomic E-state index is 0.0971. The van der Waals surface area contributed by atoms with Gasteiger partial charge in [0.1, 0.15) is 0 Å². The van der Waals surface area contributed by atoms with Crippen LogP contribution in [0.4, 0.5) is 0 Å². The summed E-state index contributed by atoms with van der Waals surface area (Å²) >= 11 is 0. The van der Waals surface area contributed by atoms with Crippen LogP contribution < -0.4 is 0 Å². The van der Waals surface area contributed by atoms with E-state index in [1.54, 1.807) is 0 Å². The van der Waals surface area contributed by atoms with Crippen molar-refractivity contribution in [2.45, 2.75) is 63.8 Å². The lowest BCUT2D eigenvalue weighted by Crippen LogP contribution is -2.46. The number of carbonyl (C=O) groups excluding carboxylic acids is 1. The third kappa shape index (κ3) is 3.44. The first-order chi connectivity index (χ1) is 8.31. The third-order valence-corrected chi connectivity index (χ3v) is 4.35. The van der Waals surface area contributed by atoms with E-state index in [0.29, 0.717) is 5.92 Å². The van der Waals surface area contributed by atoms with Crippen molar-refractivity contribution in [1.82, 2.24) is 4.90 Å². The summed E-state index contributed by atoms with van der Waals surface area (Å²) < 4.78 is 0. The van der Waals surface area contributed by atoms with Crippen molar-refractivity contribution in [3.8, 4) is 0 Å². The molecule has 0 radical (unpaired) electrons. The van der Waals surface area contributed by atoms with Crippen molar-refractivity contribution in [2.24, 2.45) is 5.92 Å². The lowest BCUT2D eigenvalue weighted by Gasteiger charge is -2.36. The Morgan fingerprint density at radius 3 is 2.47 bits per heavy atom. The van der Waals surface area contributed by atoms with Crippen LogP contribution in [0.3, 0.4) is 0 Å².